The van der Waals surface area contributed by atoms with Gasteiger partial charge in [-0.25, -0.2) is 17.6 Å². The van der Waals surface area contributed by atoms with E-state index in [4.69, 9.17) is 5.11 Å². The highest BCUT2D eigenvalue weighted by Crippen LogP contribution is 2.24. The monoisotopic (exact) mass is 222 g/mol. The molecule has 82 valence electrons. The molecule has 0 spiro atoms. The van der Waals surface area contributed by atoms with Gasteiger partial charge in [0.15, 0.2) is 23.3 Å². The Bertz CT molecular complexity index is 417. The van der Waals surface area contributed by atoms with Crippen molar-refractivity contribution in [1.82, 2.24) is 0 Å². The minimum Gasteiger partial charge on any atom is -0.481 e. The van der Waals surface area contributed by atoms with Crippen LogP contribution in [0.1, 0.15) is 18.4 Å². The number of hydrogen-bond donors (Lipinski definition) is 1. The van der Waals surface area contributed by atoms with Gasteiger partial charge in [0.05, 0.1) is 5.92 Å². The first-order valence-corrected chi connectivity index (χ1v) is 3.92. The molecular weight excluding hydrogens is 216 g/mol. The van der Waals surface area contributed by atoms with E-state index in [1.54, 1.807) is 0 Å². The molecule has 0 aromatic heterocycles. The number of aliphatic carboxylic acids is 1. The van der Waals surface area contributed by atoms with E-state index in [1.165, 1.54) is 0 Å². The van der Waals surface area contributed by atoms with E-state index in [9.17, 15) is 22.4 Å². The molecule has 0 amide bonds. The van der Waals surface area contributed by atoms with Crippen molar-refractivity contribution in [3.63, 3.8) is 0 Å². The molecule has 1 aromatic rings. The molecule has 0 fully saturated rings. The number of halogens is 4. The zero-order chi connectivity index (χ0) is 11.7. The van der Waals surface area contributed by atoms with E-state index >= 15 is 0 Å². The Morgan fingerprint density at radius 2 is 1.73 bits per heavy atom. The average Bonchev–Trinajstić information content (AvgIpc) is 2.19. The normalized spacial score (nSPS) is 12.6. The van der Waals surface area contributed by atoms with Crippen LogP contribution in [-0.4, -0.2) is 11.1 Å². The van der Waals surface area contributed by atoms with E-state index in [0.717, 1.165) is 6.92 Å². The summed E-state index contributed by atoms with van der Waals surface area (Å²) in [6.45, 7) is 1.04. The molecule has 1 N–H and O–H groups in total. The van der Waals surface area contributed by atoms with Crippen molar-refractivity contribution in [1.29, 1.82) is 0 Å². The first-order chi connectivity index (χ1) is 6.86. The van der Waals surface area contributed by atoms with Gasteiger partial charge in [-0.1, -0.05) is 0 Å². The van der Waals surface area contributed by atoms with Crippen LogP contribution in [0.3, 0.4) is 0 Å². The highest BCUT2D eigenvalue weighted by atomic mass is 19.2. The Labute approximate surface area is 82.1 Å². The van der Waals surface area contributed by atoms with Crippen LogP contribution in [0.4, 0.5) is 17.6 Å². The van der Waals surface area contributed by atoms with E-state index in [0.29, 0.717) is 6.07 Å². The highest BCUT2D eigenvalue weighted by Gasteiger charge is 2.25. The van der Waals surface area contributed by atoms with Crippen molar-refractivity contribution in [2.45, 2.75) is 12.8 Å². The predicted octanol–water partition coefficient (Wildman–Crippen LogP) is 2.43. The van der Waals surface area contributed by atoms with E-state index in [-0.39, 0.29) is 0 Å². The number of hydrogen-bond acceptors (Lipinski definition) is 1. The maximum Gasteiger partial charge on any atom is 0.310 e. The summed E-state index contributed by atoms with van der Waals surface area (Å²) in [6.07, 6.45) is 0. The smallest absolute Gasteiger partial charge is 0.310 e. The lowest BCUT2D eigenvalue weighted by Gasteiger charge is -2.09. The van der Waals surface area contributed by atoms with Crippen molar-refractivity contribution >= 4 is 5.97 Å². The molecule has 1 aromatic carbocycles. The zero-order valence-electron chi connectivity index (χ0n) is 7.52. The third-order valence-electron chi connectivity index (χ3n) is 1.97. The molecule has 0 aliphatic heterocycles. The molecule has 0 radical (unpaired) electrons. The lowest BCUT2D eigenvalue weighted by atomic mass is 10.0. The minimum atomic E-state index is -2.00. The van der Waals surface area contributed by atoms with Gasteiger partial charge in [-0.2, -0.15) is 0 Å². The third-order valence-corrected chi connectivity index (χ3v) is 1.97. The van der Waals surface area contributed by atoms with Crippen LogP contribution >= 0.6 is 0 Å². The summed E-state index contributed by atoms with van der Waals surface area (Å²) in [5.41, 5.74) is -0.723. The van der Waals surface area contributed by atoms with Crippen molar-refractivity contribution in [2.75, 3.05) is 0 Å². The van der Waals surface area contributed by atoms with Gasteiger partial charge in [0.2, 0.25) is 0 Å². The van der Waals surface area contributed by atoms with Gasteiger partial charge in [-0.15, -0.1) is 0 Å². The van der Waals surface area contributed by atoms with Crippen LogP contribution in [0.2, 0.25) is 0 Å². The van der Waals surface area contributed by atoms with Gasteiger partial charge in [-0.05, 0) is 13.0 Å². The second kappa shape index (κ2) is 3.88. The summed E-state index contributed by atoms with van der Waals surface area (Å²) >= 11 is 0. The second-order valence-corrected chi connectivity index (χ2v) is 2.95. The molecule has 0 saturated heterocycles. The summed E-state index contributed by atoms with van der Waals surface area (Å²) < 4.78 is 50.9. The van der Waals surface area contributed by atoms with Crippen LogP contribution < -0.4 is 0 Å². The maximum atomic E-state index is 13.0. The van der Waals surface area contributed by atoms with Crippen LogP contribution in [0.5, 0.6) is 0 Å². The summed E-state index contributed by atoms with van der Waals surface area (Å²) in [6, 6.07) is 0.340. The van der Waals surface area contributed by atoms with Crippen molar-refractivity contribution < 1.29 is 27.5 Å². The molecule has 0 heterocycles. The predicted molar refractivity (Wildman–Crippen MR) is 42.3 cm³/mol. The van der Waals surface area contributed by atoms with Crippen LogP contribution in [0.15, 0.2) is 6.07 Å². The lowest BCUT2D eigenvalue weighted by Crippen LogP contribution is -2.12. The van der Waals surface area contributed by atoms with Crippen LogP contribution in [0.25, 0.3) is 0 Å². The van der Waals surface area contributed by atoms with Crippen LogP contribution in [-0.2, 0) is 4.79 Å². The fourth-order valence-corrected chi connectivity index (χ4v) is 1.04. The molecular formula is C9H6F4O2. The van der Waals surface area contributed by atoms with E-state index in [1.807, 2.05) is 0 Å². The van der Waals surface area contributed by atoms with Gasteiger partial charge in [0.1, 0.15) is 0 Å². The summed E-state index contributed by atoms with van der Waals surface area (Å²) in [5, 5.41) is 8.51. The maximum absolute atomic E-state index is 13.0. The molecule has 6 heteroatoms. The molecule has 1 rings (SSSR count). The minimum absolute atomic E-state index is 0.340. The number of carbonyl (C=O) groups is 1. The summed E-state index contributed by atoms with van der Waals surface area (Å²) in [4.78, 5) is 10.5. The Kier molecular flexibility index (Phi) is 2.97. The standard InChI is InChI=1S/C9H6F4O2/c1-3(9(14)15)4-2-5(10)7(12)8(13)6(4)11/h2-3H,1H3,(H,14,15). The Morgan fingerprint density at radius 3 is 2.20 bits per heavy atom. The van der Waals surface area contributed by atoms with E-state index < -0.39 is 40.7 Å². The topological polar surface area (TPSA) is 37.3 Å². The summed E-state index contributed by atoms with van der Waals surface area (Å²) in [7, 11) is 0. The SMILES string of the molecule is CC(C(=O)O)c1cc(F)c(F)c(F)c1F. The third kappa shape index (κ3) is 1.93. The quantitative estimate of drug-likeness (QED) is 0.474. The fraction of sp³-hybridized carbons (Fsp3) is 0.222. The lowest BCUT2D eigenvalue weighted by molar-refractivity contribution is -0.138. The number of carboxylic acid groups (broad SMARTS) is 1. The first kappa shape index (κ1) is 11.5. The highest BCUT2D eigenvalue weighted by molar-refractivity contribution is 5.75. The fourth-order valence-electron chi connectivity index (χ4n) is 1.04. The summed E-state index contributed by atoms with van der Waals surface area (Å²) in [5.74, 6) is -10.2. The zero-order valence-corrected chi connectivity index (χ0v) is 7.52. The van der Waals surface area contributed by atoms with Gasteiger partial charge in [-0.3, -0.25) is 4.79 Å². The molecule has 15 heavy (non-hydrogen) atoms. The van der Waals surface area contributed by atoms with E-state index in [2.05, 4.69) is 0 Å². The molecule has 1 unspecified atom stereocenters. The number of benzene rings is 1. The van der Waals surface area contributed by atoms with Crippen molar-refractivity contribution in [3.8, 4) is 0 Å². The van der Waals surface area contributed by atoms with Gasteiger partial charge in [0.25, 0.3) is 0 Å². The molecule has 0 bridgehead atoms. The Hall–Kier alpha value is -1.59. The average molecular weight is 222 g/mol. The number of rotatable bonds is 2. The van der Waals surface area contributed by atoms with Crippen molar-refractivity contribution in [3.05, 3.63) is 34.9 Å². The molecule has 1 atom stereocenters. The van der Waals surface area contributed by atoms with Gasteiger partial charge < -0.3 is 5.11 Å². The Balaban J connectivity index is 3.38. The van der Waals surface area contributed by atoms with Crippen molar-refractivity contribution in [2.24, 2.45) is 0 Å². The van der Waals surface area contributed by atoms with Gasteiger partial charge in [0, 0.05) is 5.56 Å². The largest absolute Gasteiger partial charge is 0.481 e. The molecule has 0 aliphatic carbocycles. The first-order valence-electron chi connectivity index (χ1n) is 3.92. The molecule has 0 saturated carbocycles. The second-order valence-electron chi connectivity index (χ2n) is 2.95. The van der Waals surface area contributed by atoms with Gasteiger partial charge >= 0.3 is 5.97 Å². The molecule has 2 nitrogen and oxygen atoms in total. The van der Waals surface area contributed by atoms with Crippen LogP contribution in [0, 0.1) is 23.3 Å². The molecule has 0 aliphatic rings. The Morgan fingerprint density at radius 1 is 1.20 bits per heavy atom. The number of carboxylic acids is 1.